The van der Waals surface area contributed by atoms with Gasteiger partial charge in [-0.05, 0) is 13.0 Å². The molecule has 96 valence electrons. The molecule has 18 heavy (non-hydrogen) atoms. The van der Waals surface area contributed by atoms with Crippen molar-refractivity contribution < 1.29 is 8.42 Å². The molecule has 2 aromatic heterocycles. The van der Waals surface area contributed by atoms with E-state index in [1.807, 2.05) is 6.92 Å². The molecule has 0 unspecified atom stereocenters. The van der Waals surface area contributed by atoms with E-state index in [9.17, 15) is 8.42 Å². The molecular weight excluding hydrogens is 254 g/mol. The number of rotatable bonds is 4. The van der Waals surface area contributed by atoms with E-state index >= 15 is 0 Å². The van der Waals surface area contributed by atoms with Gasteiger partial charge in [-0.15, -0.1) is 0 Å². The lowest BCUT2D eigenvalue weighted by atomic mass is 10.4. The zero-order valence-electron chi connectivity index (χ0n) is 9.74. The molecule has 0 aliphatic rings. The Morgan fingerprint density at radius 2 is 2.28 bits per heavy atom. The maximum absolute atomic E-state index is 12.0. The molecule has 2 heterocycles. The van der Waals surface area contributed by atoms with Crippen molar-refractivity contribution in [2.24, 2.45) is 0 Å². The fourth-order valence-electron chi connectivity index (χ4n) is 1.35. The van der Waals surface area contributed by atoms with E-state index < -0.39 is 10.0 Å². The van der Waals surface area contributed by atoms with E-state index in [1.165, 1.54) is 31.0 Å². The predicted molar refractivity (Wildman–Crippen MR) is 67.4 cm³/mol. The van der Waals surface area contributed by atoms with Gasteiger partial charge in [-0.1, -0.05) is 0 Å². The second-order valence-electron chi connectivity index (χ2n) is 3.61. The third-order valence-electron chi connectivity index (χ3n) is 2.35. The van der Waals surface area contributed by atoms with E-state index in [0.717, 1.165) is 0 Å². The number of anilines is 2. The molecule has 0 saturated heterocycles. The minimum atomic E-state index is -3.71. The van der Waals surface area contributed by atoms with Crippen LogP contribution in [-0.2, 0) is 16.6 Å². The van der Waals surface area contributed by atoms with Crippen molar-refractivity contribution in [3.63, 3.8) is 0 Å². The first kappa shape index (κ1) is 12.4. The lowest BCUT2D eigenvalue weighted by Crippen LogP contribution is -2.14. The molecule has 0 atom stereocenters. The van der Waals surface area contributed by atoms with Crippen molar-refractivity contribution in [3.8, 4) is 0 Å². The zero-order valence-corrected chi connectivity index (χ0v) is 10.6. The van der Waals surface area contributed by atoms with E-state index in [0.29, 0.717) is 6.54 Å². The van der Waals surface area contributed by atoms with E-state index in [4.69, 9.17) is 5.73 Å². The number of pyridine rings is 1. The van der Waals surface area contributed by atoms with Crippen LogP contribution >= 0.6 is 0 Å². The Kier molecular flexibility index (Phi) is 3.19. The van der Waals surface area contributed by atoms with Gasteiger partial charge < -0.3 is 10.3 Å². The topological polar surface area (TPSA) is 103 Å². The average molecular weight is 267 g/mol. The first-order valence-corrected chi connectivity index (χ1v) is 6.75. The number of nitrogens with zero attached hydrogens (tertiary/aromatic N) is 3. The number of aryl methyl sites for hydroxylation is 1. The highest BCUT2D eigenvalue weighted by atomic mass is 32.2. The summed E-state index contributed by atoms with van der Waals surface area (Å²) in [5, 5.41) is -0.0411. The van der Waals surface area contributed by atoms with Gasteiger partial charge in [0.05, 0.1) is 23.9 Å². The van der Waals surface area contributed by atoms with E-state index in [2.05, 4.69) is 14.7 Å². The number of hydrogen-bond acceptors (Lipinski definition) is 5. The summed E-state index contributed by atoms with van der Waals surface area (Å²) in [6.45, 7) is 2.55. The second kappa shape index (κ2) is 4.65. The highest BCUT2D eigenvalue weighted by Gasteiger charge is 2.18. The number of hydrogen-bond donors (Lipinski definition) is 2. The minimum Gasteiger partial charge on any atom is -0.396 e. The summed E-state index contributed by atoms with van der Waals surface area (Å²) in [7, 11) is -3.71. The standard InChI is InChI=1S/C10H13N5O2S/c1-2-15-6-10(13-7-15)18(16,17)14-9-3-4-12-5-8(9)11/h3-7H,2,11H2,1H3,(H,12,14). The molecule has 0 fully saturated rings. The zero-order chi connectivity index (χ0) is 13.2. The van der Waals surface area contributed by atoms with Crippen LogP contribution in [0, 0.1) is 0 Å². The van der Waals surface area contributed by atoms with Crippen LogP contribution in [0.15, 0.2) is 36.0 Å². The van der Waals surface area contributed by atoms with Crippen LogP contribution in [0.4, 0.5) is 11.4 Å². The largest absolute Gasteiger partial charge is 0.396 e. The van der Waals surface area contributed by atoms with Gasteiger partial charge in [-0.3, -0.25) is 9.71 Å². The smallest absolute Gasteiger partial charge is 0.281 e. The van der Waals surface area contributed by atoms with Gasteiger partial charge in [0.25, 0.3) is 10.0 Å². The SMILES string of the molecule is CCn1cnc(S(=O)(=O)Nc2ccncc2N)c1. The highest BCUT2D eigenvalue weighted by Crippen LogP contribution is 2.19. The molecular formula is C10H13N5O2S. The lowest BCUT2D eigenvalue weighted by molar-refractivity contribution is 0.598. The normalized spacial score (nSPS) is 11.4. The van der Waals surface area contributed by atoms with Crippen LogP contribution in [0.3, 0.4) is 0 Å². The maximum atomic E-state index is 12.0. The van der Waals surface area contributed by atoms with Crippen molar-refractivity contribution in [3.05, 3.63) is 31.0 Å². The van der Waals surface area contributed by atoms with Gasteiger partial charge in [-0.2, -0.15) is 8.42 Å². The number of nitrogens with two attached hydrogens (primary N) is 1. The van der Waals surface area contributed by atoms with Crippen LogP contribution in [0.25, 0.3) is 0 Å². The number of nitrogen functional groups attached to an aromatic ring is 1. The van der Waals surface area contributed by atoms with E-state index in [1.54, 1.807) is 4.57 Å². The number of nitrogens with one attached hydrogen (secondary N) is 1. The van der Waals surface area contributed by atoms with Gasteiger partial charge in [0.1, 0.15) is 0 Å². The fraction of sp³-hybridized carbons (Fsp3) is 0.200. The van der Waals surface area contributed by atoms with Crippen LogP contribution < -0.4 is 10.5 Å². The number of sulfonamides is 1. The molecule has 2 rings (SSSR count). The second-order valence-corrected chi connectivity index (χ2v) is 5.24. The van der Waals surface area contributed by atoms with Gasteiger partial charge >= 0.3 is 0 Å². The third-order valence-corrected chi connectivity index (χ3v) is 3.60. The highest BCUT2D eigenvalue weighted by molar-refractivity contribution is 7.92. The Labute approximate surface area is 105 Å². The molecule has 0 bridgehead atoms. The fourth-order valence-corrected chi connectivity index (χ4v) is 2.39. The van der Waals surface area contributed by atoms with Crippen LogP contribution in [-0.4, -0.2) is 23.0 Å². The molecule has 0 spiro atoms. The molecule has 2 aromatic rings. The molecule has 0 aliphatic carbocycles. The molecule has 0 saturated carbocycles. The first-order valence-electron chi connectivity index (χ1n) is 5.27. The Morgan fingerprint density at radius 1 is 1.50 bits per heavy atom. The van der Waals surface area contributed by atoms with E-state index in [-0.39, 0.29) is 16.4 Å². The maximum Gasteiger partial charge on any atom is 0.281 e. The first-order chi connectivity index (χ1) is 8.53. The van der Waals surface area contributed by atoms with Gasteiger partial charge in [-0.25, -0.2) is 4.98 Å². The van der Waals surface area contributed by atoms with Gasteiger partial charge in [0.15, 0.2) is 5.03 Å². The molecule has 8 heteroatoms. The molecule has 0 aliphatic heterocycles. The molecule has 7 nitrogen and oxygen atoms in total. The summed E-state index contributed by atoms with van der Waals surface area (Å²) in [4.78, 5) is 7.63. The Bertz CT molecular complexity index is 650. The lowest BCUT2D eigenvalue weighted by Gasteiger charge is -2.07. The Morgan fingerprint density at radius 3 is 2.89 bits per heavy atom. The average Bonchev–Trinajstić information content (AvgIpc) is 2.81. The summed E-state index contributed by atoms with van der Waals surface area (Å²) in [5.74, 6) is 0. The minimum absolute atomic E-state index is 0.0411. The predicted octanol–water partition coefficient (Wildman–Crippen LogP) is 0.681. The summed E-state index contributed by atoms with van der Waals surface area (Å²) in [5.41, 5.74) is 6.17. The summed E-state index contributed by atoms with van der Waals surface area (Å²) >= 11 is 0. The van der Waals surface area contributed by atoms with Crippen molar-refractivity contribution in [1.82, 2.24) is 14.5 Å². The van der Waals surface area contributed by atoms with Crippen molar-refractivity contribution >= 4 is 21.4 Å². The van der Waals surface area contributed by atoms with Crippen molar-refractivity contribution in [2.45, 2.75) is 18.5 Å². The number of imidazole rings is 1. The summed E-state index contributed by atoms with van der Waals surface area (Å²) in [6.07, 6.45) is 5.76. The van der Waals surface area contributed by atoms with Crippen LogP contribution in [0.2, 0.25) is 0 Å². The van der Waals surface area contributed by atoms with Gasteiger partial charge in [0.2, 0.25) is 0 Å². The summed E-state index contributed by atoms with van der Waals surface area (Å²) < 4.78 is 28.1. The van der Waals surface area contributed by atoms with Crippen LogP contribution in [0.5, 0.6) is 0 Å². The molecule has 0 amide bonds. The monoisotopic (exact) mass is 267 g/mol. The van der Waals surface area contributed by atoms with Crippen molar-refractivity contribution in [2.75, 3.05) is 10.5 Å². The molecule has 3 N–H and O–H groups in total. The number of aromatic nitrogens is 3. The molecule has 0 aromatic carbocycles. The van der Waals surface area contributed by atoms with Gasteiger partial charge in [0, 0.05) is 18.9 Å². The quantitative estimate of drug-likeness (QED) is 0.848. The third kappa shape index (κ3) is 2.43. The Balaban J connectivity index is 2.30. The van der Waals surface area contributed by atoms with Crippen LogP contribution in [0.1, 0.15) is 6.92 Å². The summed E-state index contributed by atoms with van der Waals surface area (Å²) in [6, 6.07) is 1.49. The molecule has 0 radical (unpaired) electrons. The van der Waals surface area contributed by atoms with Crippen molar-refractivity contribution in [1.29, 1.82) is 0 Å². The Hall–Kier alpha value is -2.09.